The van der Waals surface area contributed by atoms with Gasteiger partial charge in [-0.3, -0.25) is 9.69 Å². The third kappa shape index (κ3) is 2.78. The van der Waals surface area contributed by atoms with Crippen LogP contribution in [0.15, 0.2) is 34.7 Å². The first-order valence-electron chi connectivity index (χ1n) is 7.28. The molecule has 1 fully saturated rings. The fourth-order valence-corrected chi connectivity index (χ4v) is 3.08. The first kappa shape index (κ1) is 13.4. The van der Waals surface area contributed by atoms with Gasteiger partial charge in [-0.2, -0.15) is 0 Å². The zero-order valence-electron chi connectivity index (χ0n) is 12.2. The molecule has 0 saturated carbocycles. The minimum Gasteiger partial charge on any atom is -0.453 e. The highest BCUT2D eigenvalue weighted by Gasteiger charge is 2.28. The molecule has 1 saturated heterocycles. The van der Waals surface area contributed by atoms with Crippen molar-refractivity contribution < 1.29 is 9.21 Å². The zero-order chi connectivity index (χ0) is 14.2. The summed E-state index contributed by atoms with van der Waals surface area (Å²) < 4.78 is 5.65. The standard InChI is InChI=1S/C17H21NO2/c1-17(2)8-5-9-18(12-17)11-14(19)16-10-13-6-3-4-7-15(13)20-16/h3-4,6-7,10H,5,8-9,11-12H2,1-2H3. The summed E-state index contributed by atoms with van der Waals surface area (Å²) in [4.78, 5) is 14.6. The van der Waals surface area contributed by atoms with Crippen LogP contribution in [-0.4, -0.2) is 30.3 Å². The largest absolute Gasteiger partial charge is 0.453 e. The Morgan fingerprint density at radius 3 is 2.90 bits per heavy atom. The molecule has 0 unspecified atom stereocenters. The van der Waals surface area contributed by atoms with Crippen molar-refractivity contribution in [2.45, 2.75) is 26.7 Å². The molecular weight excluding hydrogens is 250 g/mol. The maximum absolute atomic E-state index is 12.4. The number of furan rings is 1. The van der Waals surface area contributed by atoms with Gasteiger partial charge < -0.3 is 4.42 Å². The molecule has 1 aromatic carbocycles. The second kappa shape index (κ2) is 5.06. The molecular formula is C17H21NO2. The normalized spacial score (nSPS) is 19.3. The first-order valence-corrected chi connectivity index (χ1v) is 7.28. The summed E-state index contributed by atoms with van der Waals surface area (Å²) in [6.07, 6.45) is 2.41. The van der Waals surface area contributed by atoms with E-state index in [0.717, 1.165) is 24.1 Å². The van der Waals surface area contributed by atoms with E-state index in [9.17, 15) is 4.79 Å². The Kier molecular flexibility index (Phi) is 3.38. The Hall–Kier alpha value is -1.61. The minimum atomic E-state index is 0.0823. The average Bonchev–Trinajstić information content (AvgIpc) is 2.81. The number of Topliss-reactive ketones (excluding diaryl/α,β-unsaturated/α-hetero) is 1. The minimum absolute atomic E-state index is 0.0823. The van der Waals surface area contributed by atoms with Crippen LogP contribution in [0, 0.1) is 5.41 Å². The molecule has 0 amide bonds. The van der Waals surface area contributed by atoms with Crippen molar-refractivity contribution in [3.05, 3.63) is 36.1 Å². The second-order valence-electron chi connectivity index (χ2n) is 6.55. The molecule has 3 nitrogen and oxygen atoms in total. The van der Waals surface area contributed by atoms with Crippen molar-refractivity contribution in [2.75, 3.05) is 19.6 Å². The Labute approximate surface area is 119 Å². The van der Waals surface area contributed by atoms with Crippen molar-refractivity contribution in [1.29, 1.82) is 0 Å². The van der Waals surface area contributed by atoms with Crippen LogP contribution in [0.3, 0.4) is 0 Å². The maximum Gasteiger partial charge on any atom is 0.211 e. The highest BCUT2D eigenvalue weighted by Crippen LogP contribution is 2.28. The van der Waals surface area contributed by atoms with Crippen molar-refractivity contribution in [2.24, 2.45) is 5.41 Å². The summed E-state index contributed by atoms with van der Waals surface area (Å²) in [6, 6.07) is 9.61. The molecule has 3 rings (SSSR count). The molecule has 0 atom stereocenters. The van der Waals surface area contributed by atoms with Gasteiger partial charge in [0.2, 0.25) is 5.78 Å². The van der Waals surface area contributed by atoms with Gasteiger partial charge in [-0.15, -0.1) is 0 Å². The summed E-state index contributed by atoms with van der Waals surface area (Å²) >= 11 is 0. The van der Waals surface area contributed by atoms with E-state index < -0.39 is 0 Å². The van der Waals surface area contributed by atoms with Crippen LogP contribution in [0.25, 0.3) is 11.0 Å². The number of hydrogen-bond donors (Lipinski definition) is 0. The van der Waals surface area contributed by atoms with Gasteiger partial charge in [-0.05, 0) is 36.9 Å². The van der Waals surface area contributed by atoms with Gasteiger partial charge in [0, 0.05) is 11.9 Å². The quantitative estimate of drug-likeness (QED) is 0.797. The number of para-hydroxylation sites is 1. The summed E-state index contributed by atoms with van der Waals surface area (Å²) in [7, 11) is 0. The molecule has 0 aliphatic carbocycles. The predicted octanol–water partition coefficient (Wildman–Crippen LogP) is 3.74. The number of nitrogens with zero attached hydrogens (tertiary/aromatic N) is 1. The molecule has 1 aliphatic rings. The lowest BCUT2D eigenvalue weighted by molar-refractivity contribution is 0.0787. The van der Waals surface area contributed by atoms with Gasteiger partial charge in [0.1, 0.15) is 5.58 Å². The summed E-state index contributed by atoms with van der Waals surface area (Å²) in [6.45, 7) is 6.99. The van der Waals surface area contributed by atoms with Gasteiger partial charge in [-0.25, -0.2) is 0 Å². The summed E-state index contributed by atoms with van der Waals surface area (Å²) in [5.74, 6) is 0.563. The Bertz CT molecular complexity index is 594. The van der Waals surface area contributed by atoms with Crippen LogP contribution >= 0.6 is 0 Å². The fraction of sp³-hybridized carbons (Fsp3) is 0.471. The van der Waals surface area contributed by atoms with Crippen molar-refractivity contribution in [3.63, 3.8) is 0 Å². The van der Waals surface area contributed by atoms with Crippen molar-refractivity contribution in [3.8, 4) is 0 Å². The molecule has 0 spiro atoms. The second-order valence-corrected chi connectivity index (χ2v) is 6.55. The molecule has 0 radical (unpaired) electrons. The SMILES string of the molecule is CC1(C)CCCN(CC(=O)c2cc3ccccc3o2)C1. The number of likely N-dealkylation sites (tertiary alicyclic amines) is 1. The monoisotopic (exact) mass is 271 g/mol. The highest BCUT2D eigenvalue weighted by atomic mass is 16.3. The lowest BCUT2D eigenvalue weighted by atomic mass is 9.84. The maximum atomic E-state index is 12.4. The highest BCUT2D eigenvalue weighted by molar-refractivity contribution is 5.98. The number of benzene rings is 1. The number of ketones is 1. The molecule has 1 aromatic heterocycles. The molecule has 2 heterocycles. The van der Waals surface area contributed by atoms with Gasteiger partial charge in [0.25, 0.3) is 0 Å². The number of carbonyl (C=O) groups excluding carboxylic acids is 1. The van der Waals surface area contributed by atoms with Gasteiger partial charge >= 0.3 is 0 Å². The third-order valence-electron chi connectivity index (χ3n) is 4.05. The van der Waals surface area contributed by atoms with E-state index in [2.05, 4.69) is 18.7 Å². The van der Waals surface area contributed by atoms with Crippen LogP contribution in [0.4, 0.5) is 0 Å². The molecule has 106 valence electrons. The molecule has 3 heteroatoms. The van der Waals surface area contributed by atoms with E-state index >= 15 is 0 Å². The van der Waals surface area contributed by atoms with E-state index in [1.165, 1.54) is 12.8 Å². The van der Waals surface area contributed by atoms with Crippen LogP contribution in [0.5, 0.6) is 0 Å². The average molecular weight is 271 g/mol. The number of hydrogen-bond acceptors (Lipinski definition) is 3. The number of fused-ring (bicyclic) bond motifs is 1. The van der Waals surface area contributed by atoms with Gasteiger partial charge in [0.15, 0.2) is 5.76 Å². The van der Waals surface area contributed by atoms with E-state index in [1.807, 2.05) is 30.3 Å². The topological polar surface area (TPSA) is 33.5 Å². The van der Waals surface area contributed by atoms with Crippen LogP contribution in [0.1, 0.15) is 37.2 Å². The molecule has 20 heavy (non-hydrogen) atoms. The van der Waals surface area contributed by atoms with E-state index in [4.69, 9.17) is 4.42 Å². The van der Waals surface area contributed by atoms with E-state index in [1.54, 1.807) is 0 Å². The molecule has 0 N–H and O–H groups in total. The molecule has 1 aliphatic heterocycles. The lowest BCUT2D eigenvalue weighted by Crippen LogP contribution is -2.42. The van der Waals surface area contributed by atoms with Crippen molar-refractivity contribution >= 4 is 16.8 Å². The van der Waals surface area contributed by atoms with Gasteiger partial charge in [-0.1, -0.05) is 32.0 Å². The number of piperidine rings is 1. The molecule has 0 bridgehead atoms. The predicted molar refractivity (Wildman–Crippen MR) is 80.0 cm³/mol. The van der Waals surface area contributed by atoms with E-state index in [-0.39, 0.29) is 5.78 Å². The lowest BCUT2D eigenvalue weighted by Gasteiger charge is -2.37. The molecule has 2 aromatic rings. The van der Waals surface area contributed by atoms with Crippen molar-refractivity contribution in [1.82, 2.24) is 4.90 Å². The Balaban J connectivity index is 1.72. The smallest absolute Gasteiger partial charge is 0.211 e. The van der Waals surface area contributed by atoms with Crippen LogP contribution in [0.2, 0.25) is 0 Å². The fourth-order valence-electron chi connectivity index (χ4n) is 3.08. The Morgan fingerprint density at radius 2 is 2.15 bits per heavy atom. The van der Waals surface area contributed by atoms with Crippen LogP contribution < -0.4 is 0 Å². The first-order chi connectivity index (χ1) is 9.53. The summed E-state index contributed by atoms with van der Waals surface area (Å²) in [5.41, 5.74) is 1.10. The summed E-state index contributed by atoms with van der Waals surface area (Å²) in [5, 5.41) is 0.995. The van der Waals surface area contributed by atoms with Crippen LogP contribution in [-0.2, 0) is 0 Å². The number of carbonyl (C=O) groups is 1. The van der Waals surface area contributed by atoms with E-state index in [0.29, 0.717) is 17.7 Å². The third-order valence-corrected chi connectivity index (χ3v) is 4.05. The number of rotatable bonds is 3. The zero-order valence-corrected chi connectivity index (χ0v) is 12.2. The van der Waals surface area contributed by atoms with Gasteiger partial charge in [0.05, 0.1) is 6.54 Å². The Morgan fingerprint density at radius 1 is 1.35 bits per heavy atom.